The van der Waals surface area contributed by atoms with Crippen molar-refractivity contribution < 1.29 is 9.47 Å². The summed E-state index contributed by atoms with van der Waals surface area (Å²) in [5.74, 6) is 1.52. The number of allylic oxidation sites excluding steroid dienone is 1. The Labute approximate surface area is 78.8 Å². The predicted octanol–water partition coefficient (Wildman–Crippen LogP) is 2.74. The Morgan fingerprint density at radius 1 is 1.08 bits per heavy atom. The van der Waals surface area contributed by atoms with Crippen molar-refractivity contribution in [3.05, 3.63) is 29.8 Å². The van der Waals surface area contributed by atoms with Gasteiger partial charge in [-0.15, -0.1) is 0 Å². The van der Waals surface area contributed by atoms with Gasteiger partial charge in [0.1, 0.15) is 0 Å². The second-order valence-electron chi connectivity index (χ2n) is 2.61. The van der Waals surface area contributed by atoms with Crippen LogP contribution in [0.15, 0.2) is 24.3 Å². The van der Waals surface area contributed by atoms with Crippen molar-refractivity contribution in [1.29, 1.82) is 0 Å². The quantitative estimate of drug-likeness (QED) is 0.708. The maximum atomic E-state index is 5.16. The van der Waals surface area contributed by atoms with Crippen molar-refractivity contribution in [2.45, 2.75) is 6.92 Å². The molecule has 0 saturated carbocycles. The van der Waals surface area contributed by atoms with E-state index >= 15 is 0 Å². The van der Waals surface area contributed by atoms with E-state index < -0.39 is 0 Å². The molecule has 70 valence electrons. The molecule has 0 aliphatic rings. The number of benzene rings is 1. The van der Waals surface area contributed by atoms with Gasteiger partial charge < -0.3 is 9.47 Å². The van der Waals surface area contributed by atoms with Crippen LogP contribution in [0.25, 0.3) is 6.08 Å². The van der Waals surface area contributed by atoms with E-state index in [-0.39, 0.29) is 0 Å². The van der Waals surface area contributed by atoms with E-state index in [1.54, 1.807) is 14.2 Å². The first-order valence-electron chi connectivity index (χ1n) is 4.16. The van der Waals surface area contributed by atoms with Gasteiger partial charge in [0.25, 0.3) is 0 Å². The molecule has 0 heterocycles. The molecule has 0 bridgehead atoms. The van der Waals surface area contributed by atoms with Gasteiger partial charge in [0, 0.05) is 0 Å². The number of ether oxygens (including phenoxy) is 2. The highest BCUT2D eigenvalue weighted by molar-refractivity contribution is 5.55. The van der Waals surface area contributed by atoms with Crippen LogP contribution in [0.2, 0.25) is 0 Å². The molecule has 2 heteroatoms. The van der Waals surface area contributed by atoms with Crippen molar-refractivity contribution in [3.63, 3.8) is 0 Å². The molecular formula is C11H14O2. The minimum Gasteiger partial charge on any atom is -0.493 e. The third-order valence-electron chi connectivity index (χ3n) is 1.77. The second kappa shape index (κ2) is 4.55. The molecule has 0 unspecified atom stereocenters. The fraction of sp³-hybridized carbons (Fsp3) is 0.273. The van der Waals surface area contributed by atoms with Crippen LogP contribution in [-0.2, 0) is 0 Å². The third kappa shape index (κ3) is 2.25. The summed E-state index contributed by atoms with van der Waals surface area (Å²) < 4.78 is 10.3. The average Bonchev–Trinajstić information content (AvgIpc) is 2.18. The van der Waals surface area contributed by atoms with E-state index in [0.717, 1.165) is 17.1 Å². The summed E-state index contributed by atoms with van der Waals surface area (Å²) >= 11 is 0. The maximum absolute atomic E-state index is 5.16. The van der Waals surface area contributed by atoms with Gasteiger partial charge in [-0.05, 0) is 24.6 Å². The lowest BCUT2D eigenvalue weighted by atomic mass is 10.2. The van der Waals surface area contributed by atoms with E-state index in [1.807, 2.05) is 37.3 Å². The fourth-order valence-electron chi connectivity index (χ4n) is 1.15. The topological polar surface area (TPSA) is 18.5 Å². The molecule has 13 heavy (non-hydrogen) atoms. The lowest BCUT2D eigenvalue weighted by Gasteiger charge is -2.07. The molecule has 0 aromatic heterocycles. The Balaban J connectivity index is 3.05. The summed E-state index contributed by atoms with van der Waals surface area (Å²) in [5, 5.41) is 0. The average molecular weight is 178 g/mol. The highest BCUT2D eigenvalue weighted by Crippen LogP contribution is 2.27. The highest BCUT2D eigenvalue weighted by Gasteiger charge is 2.01. The fourth-order valence-corrected chi connectivity index (χ4v) is 1.15. The molecule has 2 nitrogen and oxygen atoms in total. The monoisotopic (exact) mass is 178 g/mol. The number of rotatable bonds is 3. The standard InChI is InChI=1S/C11H14O2/c1-4-5-9-6-7-10(12-2)11(8-9)13-3/h4-8H,1-3H3. The Hall–Kier alpha value is -1.44. The van der Waals surface area contributed by atoms with E-state index in [9.17, 15) is 0 Å². The molecule has 0 saturated heterocycles. The van der Waals surface area contributed by atoms with Crippen LogP contribution >= 0.6 is 0 Å². The summed E-state index contributed by atoms with van der Waals surface area (Å²) in [6.07, 6.45) is 4.00. The smallest absolute Gasteiger partial charge is 0.161 e. The Bertz CT molecular complexity index is 303. The minimum atomic E-state index is 0.760. The molecule has 0 aliphatic heterocycles. The molecule has 0 aliphatic carbocycles. The lowest BCUT2D eigenvalue weighted by molar-refractivity contribution is 0.355. The van der Waals surface area contributed by atoms with Crippen LogP contribution in [0.4, 0.5) is 0 Å². The van der Waals surface area contributed by atoms with E-state index in [4.69, 9.17) is 9.47 Å². The lowest BCUT2D eigenvalue weighted by Crippen LogP contribution is -1.90. The van der Waals surface area contributed by atoms with Gasteiger partial charge in [-0.2, -0.15) is 0 Å². The van der Waals surface area contributed by atoms with Gasteiger partial charge in [0.05, 0.1) is 14.2 Å². The predicted molar refractivity (Wildman–Crippen MR) is 54.3 cm³/mol. The molecule has 0 fully saturated rings. The zero-order valence-electron chi connectivity index (χ0n) is 8.20. The Kier molecular flexibility index (Phi) is 3.38. The first kappa shape index (κ1) is 9.65. The molecule has 0 spiro atoms. The van der Waals surface area contributed by atoms with Crippen molar-refractivity contribution in [1.82, 2.24) is 0 Å². The van der Waals surface area contributed by atoms with Gasteiger partial charge in [-0.25, -0.2) is 0 Å². The second-order valence-corrected chi connectivity index (χ2v) is 2.61. The van der Waals surface area contributed by atoms with Crippen molar-refractivity contribution in [3.8, 4) is 11.5 Å². The van der Waals surface area contributed by atoms with E-state index in [2.05, 4.69) is 0 Å². The zero-order chi connectivity index (χ0) is 9.68. The molecule has 0 atom stereocenters. The van der Waals surface area contributed by atoms with Gasteiger partial charge in [0.15, 0.2) is 11.5 Å². The number of methoxy groups -OCH3 is 2. The summed E-state index contributed by atoms with van der Waals surface area (Å²) in [6, 6.07) is 5.83. The first-order chi connectivity index (χ1) is 6.31. The van der Waals surface area contributed by atoms with Crippen LogP contribution in [-0.4, -0.2) is 14.2 Å². The van der Waals surface area contributed by atoms with Gasteiger partial charge in [-0.1, -0.05) is 18.2 Å². The first-order valence-corrected chi connectivity index (χ1v) is 4.16. The Morgan fingerprint density at radius 3 is 2.31 bits per heavy atom. The summed E-state index contributed by atoms with van der Waals surface area (Å²) in [6.45, 7) is 1.98. The highest BCUT2D eigenvalue weighted by atomic mass is 16.5. The van der Waals surface area contributed by atoms with Crippen molar-refractivity contribution >= 4 is 6.08 Å². The molecular weight excluding hydrogens is 164 g/mol. The third-order valence-corrected chi connectivity index (χ3v) is 1.77. The van der Waals surface area contributed by atoms with Gasteiger partial charge in [0.2, 0.25) is 0 Å². The molecule has 1 aromatic carbocycles. The Morgan fingerprint density at radius 2 is 1.77 bits per heavy atom. The van der Waals surface area contributed by atoms with Crippen LogP contribution in [0.3, 0.4) is 0 Å². The normalized spacial score (nSPS) is 10.4. The van der Waals surface area contributed by atoms with E-state index in [0.29, 0.717) is 0 Å². The van der Waals surface area contributed by atoms with Gasteiger partial charge >= 0.3 is 0 Å². The molecule has 0 amide bonds. The largest absolute Gasteiger partial charge is 0.493 e. The zero-order valence-corrected chi connectivity index (χ0v) is 8.20. The van der Waals surface area contributed by atoms with Crippen molar-refractivity contribution in [2.24, 2.45) is 0 Å². The molecule has 0 radical (unpaired) electrons. The molecule has 0 N–H and O–H groups in total. The van der Waals surface area contributed by atoms with Crippen LogP contribution in [0.5, 0.6) is 11.5 Å². The van der Waals surface area contributed by atoms with Crippen molar-refractivity contribution in [2.75, 3.05) is 14.2 Å². The summed E-state index contributed by atoms with van der Waals surface area (Å²) in [7, 11) is 3.27. The minimum absolute atomic E-state index is 0.760. The molecule has 1 aromatic rings. The van der Waals surface area contributed by atoms with E-state index in [1.165, 1.54) is 0 Å². The summed E-state index contributed by atoms with van der Waals surface area (Å²) in [5.41, 5.74) is 1.11. The SMILES string of the molecule is CC=Cc1ccc(OC)c(OC)c1. The van der Waals surface area contributed by atoms with Crippen LogP contribution < -0.4 is 9.47 Å². The maximum Gasteiger partial charge on any atom is 0.161 e. The number of hydrogen-bond donors (Lipinski definition) is 0. The van der Waals surface area contributed by atoms with Gasteiger partial charge in [-0.3, -0.25) is 0 Å². The molecule has 1 rings (SSSR count). The summed E-state index contributed by atoms with van der Waals surface area (Å²) in [4.78, 5) is 0. The van der Waals surface area contributed by atoms with Crippen LogP contribution in [0, 0.1) is 0 Å². The van der Waals surface area contributed by atoms with Crippen LogP contribution in [0.1, 0.15) is 12.5 Å². The number of hydrogen-bond acceptors (Lipinski definition) is 2.